The number of hydrogen-bond donors (Lipinski definition) is 2. The number of carbonyl (C=O) groups excluding carboxylic acids is 4. The molecule has 48 heavy (non-hydrogen) atoms. The molecule has 6 saturated heterocycles. The van der Waals surface area contributed by atoms with Crippen LogP contribution in [0.5, 0.6) is 0 Å². The van der Waals surface area contributed by atoms with Gasteiger partial charge in [-0.2, -0.15) is 10.1 Å². The average molecular weight is 773 g/mol. The van der Waals surface area contributed by atoms with Gasteiger partial charge < -0.3 is 9.47 Å². The molecular formula is C34H30F3N2O8Sb. The minimum absolute atomic E-state index is 0.136. The fourth-order valence-corrected chi connectivity index (χ4v) is 14.0. The van der Waals surface area contributed by atoms with Gasteiger partial charge in [-0.05, 0) is 25.7 Å². The molecule has 8 atom stereocenters. The molecule has 4 amide bonds. The standard InChI is InChI=1S/2C8H9NO4.3C6H4F.Sb/c2*10-7-5-3-1-2-4(13-3)6(5)8(11)9(7)12;3*7-6-4-2-1-3-5-6;/h2*3-6,12H,1-2H2;3*2-5H;/t2*3-,4+,5?,6?;;;;. The van der Waals surface area contributed by atoms with Crippen LogP contribution in [0.4, 0.5) is 13.2 Å². The van der Waals surface area contributed by atoms with E-state index in [9.17, 15) is 32.3 Å². The minimum Gasteiger partial charge on any atom is -0.373 e. The molecule has 6 fully saturated rings. The van der Waals surface area contributed by atoms with E-state index in [-0.39, 0.29) is 52.0 Å². The molecule has 6 aliphatic heterocycles. The van der Waals surface area contributed by atoms with Crippen molar-refractivity contribution in [2.75, 3.05) is 0 Å². The maximum Gasteiger partial charge on any atom is 0.259 e. The van der Waals surface area contributed by atoms with Gasteiger partial charge >= 0.3 is 134 Å². The van der Waals surface area contributed by atoms with Crippen LogP contribution in [0.25, 0.3) is 0 Å². The van der Waals surface area contributed by atoms with Gasteiger partial charge in [-0.1, -0.05) is 0 Å². The van der Waals surface area contributed by atoms with Crippen molar-refractivity contribution in [2.45, 2.75) is 50.1 Å². The molecule has 4 bridgehead atoms. The maximum absolute atomic E-state index is 13.2. The molecule has 0 saturated carbocycles. The number of carbonyl (C=O) groups is 4. The van der Waals surface area contributed by atoms with Gasteiger partial charge in [-0.3, -0.25) is 29.6 Å². The summed E-state index contributed by atoms with van der Waals surface area (Å²) in [5.41, 5.74) is 0. The number of imide groups is 2. The molecular weight excluding hydrogens is 743 g/mol. The molecule has 3 aromatic rings. The third kappa shape index (κ3) is 5.75. The van der Waals surface area contributed by atoms with Crippen LogP contribution in [-0.4, -0.2) is 88.8 Å². The third-order valence-electron chi connectivity index (χ3n) is 9.78. The van der Waals surface area contributed by atoms with Gasteiger partial charge in [-0.25, -0.2) is 0 Å². The Labute approximate surface area is 279 Å². The minimum atomic E-state index is -2.40. The first-order chi connectivity index (χ1) is 23.0. The van der Waals surface area contributed by atoms with Gasteiger partial charge in [0.2, 0.25) is 0 Å². The number of fused-ring (bicyclic) bond motifs is 10. The molecule has 6 aliphatic rings. The van der Waals surface area contributed by atoms with Crippen molar-refractivity contribution in [1.82, 2.24) is 10.1 Å². The average Bonchev–Trinajstić information content (AvgIpc) is 3.95. The molecule has 0 aromatic heterocycles. The van der Waals surface area contributed by atoms with Gasteiger partial charge in [0.05, 0.1) is 48.1 Å². The summed E-state index contributed by atoms with van der Waals surface area (Å²) in [6.07, 6.45) is 2.79. The molecule has 0 radical (unpaired) electrons. The SMILES string of the molecule is Fc1cc[c]([Sb]([c]2ccc(F)cc2)[c]2ccc(F)cc2)cc1.O=C1C2C(C(=O)N1O)[C@H]1CC[C@@H]2O1.O=C1C2C(C(=O)N1O)[C@H]1CC[C@@H]2O1. The zero-order chi connectivity index (χ0) is 33.9. The van der Waals surface area contributed by atoms with Crippen LogP contribution in [0.2, 0.25) is 0 Å². The first-order valence-electron chi connectivity index (χ1n) is 15.5. The molecule has 0 aliphatic carbocycles. The van der Waals surface area contributed by atoms with Crippen molar-refractivity contribution in [3.8, 4) is 0 Å². The van der Waals surface area contributed by atoms with Crippen molar-refractivity contribution >= 4 is 54.4 Å². The van der Waals surface area contributed by atoms with E-state index in [0.717, 1.165) is 36.2 Å². The van der Waals surface area contributed by atoms with Gasteiger partial charge in [0.25, 0.3) is 23.6 Å². The Bertz CT molecular complexity index is 1520. The number of nitrogens with zero attached hydrogens (tertiary/aromatic N) is 2. The van der Waals surface area contributed by atoms with E-state index >= 15 is 0 Å². The predicted molar refractivity (Wildman–Crippen MR) is 161 cm³/mol. The van der Waals surface area contributed by atoms with E-state index in [2.05, 4.69) is 0 Å². The predicted octanol–water partition coefficient (Wildman–Crippen LogP) is 1.70. The number of hydrogen-bond acceptors (Lipinski definition) is 8. The molecule has 14 heteroatoms. The van der Waals surface area contributed by atoms with E-state index in [1.807, 2.05) is 0 Å². The second-order valence-electron chi connectivity index (χ2n) is 12.4. The topological polar surface area (TPSA) is 134 Å². The number of rotatable bonds is 3. The van der Waals surface area contributed by atoms with Crippen LogP contribution in [0, 0.1) is 41.1 Å². The molecule has 3 aromatic carbocycles. The number of amides is 4. The monoisotopic (exact) mass is 772 g/mol. The number of halogens is 3. The summed E-state index contributed by atoms with van der Waals surface area (Å²) in [7, 11) is 0. The van der Waals surface area contributed by atoms with Crippen LogP contribution in [0.15, 0.2) is 72.8 Å². The van der Waals surface area contributed by atoms with Crippen molar-refractivity contribution < 1.29 is 52.2 Å². The van der Waals surface area contributed by atoms with E-state index in [0.29, 0.717) is 0 Å². The summed E-state index contributed by atoms with van der Waals surface area (Å²) in [6, 6.07) is 19.2. The second-order valence-corrected chi connectivity index (χ2v) is 18.8. The second kappa shape index (κ2) is 13.0. The number of hydroxylamine groups is 4. The van der Waals surface area contributed by atoms with Crippen molar-refractivity contribution in [2.24, 2.45) is 23.7 Å². The van der Waals surface area contributed by atoms with E-state index in [1.165, 1.54) is 36.4 Å². The summed E-state index contributed by atoms with van der Waals surface area (Å²) >= 11 is -2.40. The maximum atomic E-state index is 13.2. The van der Waals surface area contributed by atoms with Gasteiger partial charge in [0, 0.05) is 0 Å². The largest absolute Gasteiger partial charge is 0.373 e. The first kappa shape index (κ1) is 32.9. The third-order valence-corrected chi connectivity index (χ3v) is 16.8. The van der Waals surface area contributed by atoms with Crippen LogP contribution in [-0.2, 0) is 28.7 Å². The van der Waals surface area contributed by atoms with Crippen molar-refractivity contribution in [3.63, 3.8) is 0 Å². The van der Waals surface area contributed by atoms with Gasteiger partial charge in [0.15, 0.2) is 0 Å². The molecule has 2 N–H and O–H groups in total. The van der Waals surface area contributed by atoms with Gasteiger partial charge in [-0.15, -0.1) is 0 Å². The van der Waals surface area contributed by atoms with Crippen molar-refractivity contribution in [1.29, 1.82) is 0 Å². The molecule has 10 nitrogen and oxygen atoms in total. The zero-order valence-corrected chi connectivity index (χ0v) is 27.7. The Kier molecular flexibility index (Phi) is 8.93. The molecule has 6 heterocycles. The van der Waals surface area contributed by atoms with Gasteiger partial charge in [0.1, 0.15) is 0 Å². The summed E-state index contributed by atoms with van der Waals surface area (Å²) in [5.74, 6) is -4.43. The quantitative estimate of drug-likeness (QED) is 0.234. The van der Waals surface area contributed by atoms with Crippen LogP contribution in [0.3, 0.4) is 0 Å². The van der Waals surface area contributed by atoms with Crippen LogP contribution >= 0.6 is 0 Å². The molecule has 0 spiro atoms. The summed E-state index contributed by atoms with van der Waals surface area (Å²) < 4.78 is 53.6. The Morgan fingerprint density at radius 1 is 0.479 bits per heavy atom. The summed E-state index contributed by atoms with van der Waals surface area (Å²) in [4.78, 5) is 45.4. The number of ether oxygens (including phenoxy) is 2. The Balaban J connectivity index is 0.000000120. The van der Waals surface area contributed by atoms with E-state index in [1.54, 1.807) is 36.4 Å². The first-order valence-corrected chi connectivity index (χ1v) is 19.4. The number of benzene rings is 3. The van der Waals surface area contributed by atoms with Crippen LogP contribution in [0.1, 0.15) is 25.7 Å². The molecule has 250 valence electrons. The molecule has 4 unspecified atom stereocenters. The van der Waals surface area contributed by atoms with Crippen molar-refractivity contribution in [3.05, 3.63) is 90.2 Å². The summed E-state index contributed by atoms with van der Waals surface area (Å²) in [6.45, 7) is 0. The fraction of sp³-hybridized carbons (Fsp3) is 0.353. The van der Waals surface area contributed by atoms with E-state index in [4.69, 9.17) is 19.9 Å². The Morgan fingerprint density at radius 3 is 0.938 bits per heavy atom. The zero-order valence-electron chi connectivity index (χ0n) is 25.2. The smallest absolute Gasteiger partial charge is 0.259 e. The van der Waals surface area contributed by atoms with Crippen LogP contribution < -0.4 is 10.5 Å². The summed E-state index contributed by atoms with van der Waals surface area (Å²) in [5, 5.41) is 18.8. The normalized spacial score (nSPS) is 30.8. The Hall–Kier alpha value is -3.61. The Morgan fingerprint density at radius 2 is 0.708 bits per heavy atom. The fourth-order valence-electron chi connectivity index (χ4n) is 7.61. The molecule has 9 rings (SSSR count). The van der Waals surface area contributed by atoms with E-state index < -0.39 is 67.5 Å².